The molecule has 164 valence electrons. The molecule has 8 heteroatoms. The molecular formula is C24H21FN2O5. The van der Waals surface area contributed by atoms with Crippen molar-refractivity contribution in [2.75, 3.05) is 32.8 Å². The summed E-state index contributed by atoms with van der Waals surface area (Å²) in [5.41, 5.74) is 0.692. The predicted molar refractivity (Wildman–Crippen MR) is 113 cm³/mol. The highest BCUT2D eigenvalue weighted by molar-refractivity contribution is 5.92. The predicted octanol–water partition coefficient (Wildman–Crippen LogP) is 3.21. The van der Waals surface area contributed by atoms with Crippen LogP contribution in [-0.2, 0) is 4.79 Å². The van der Waals surface area contributed by atoms with E-state index >= 15 is 0 Å². The summed E-state index contributed by atoms with van der Waals surface area (Å²) in [7, 11) is 0. The maximum absolute atomic E-state index is 13.1. The van der Waals surface area contributed by atoms with Crippen LogP contribution in [0, 0.1) is 5.82 Å². The summed E-state index contributed by atoms with van der Waals surface area (Å²) in [6, 6.07) is 16.4. The Hall–Kier alpha value is -3.81. The van der Waals surface area contributed by atoms with Gasteiger partial charge in [0.25, 0.3) is 11.8 Å². The Kier molecular flexibility index (Phi) is 5.26. The van der Waals surface area contributed by atoms with Gasteiger partial charge < -0.3 is 23.7 Å². The second kappa shape index (κ2) is 8.37. The van der Waals surface area contributed by atoms with E-state index in [0.717, 1.165) is 0 Å². The van der Waals surface area contributed by atoms with Gasteiger partial charge in [-0.25, -0.2) is 4.39 Å². The van der Waals surface area contributed by atoms with E-state index < -0.39 is 6.10 Å². The number of benzene rings is 2. The summed E-state index contributed by atoms with van der Waals surface area (Å²) in [5, 5.41) is 0. The molecule has 0 bridgehead atoms. The summed E-state index contributed by atoms with van der Waals surface area (Å²) in [4.78, 5) is 29.1. The topological polar surface area (TPSA) is 72.2 Å². The Balaban J connectivity index is 1.18. The molecule has 2 aliphatic rings. The van der Waals surface area contributed by atoms with Gasteiger partial charge in [0.05, 0.1) is 0 Å². The van der Waals surface area contributed by atoms with E-state index in [1.165, 1.54) is 12.1 Å². The largest absolute Gasteiger partial charge is 0.485 e. The molecule has 0 spiro atoms. The Morgan fingerprint density at radius 3 is 2.28 bits per heavy atom. The summed E-state index contributed by atoms with van der Waals surface area (Å²) >= 11 is 0. The van der Waals surface area contributed by atoms with Crippen LogP contribution in [0.25, 0.3) is 11.3 Å². The van der Waals surface area contributed by atoms with Gasteiger partial charge in [0.2, 0.25) is 6.10 Å². The maximum Gasteiger partial charge on any atom is 0.289 e. The number of furan rings is 1. The minimum Gasteiger partial charge on any atom is -0.485 e. The van der Waals surface area contributed by atoms with Crippen LogP contribution >= 0.6 is 0 Å². The van der Waals surface area contributed by atoms with E-state index in [0.29, 0.717) is 49.0 Å². The van der Waals surface area contributed by atoms with Crippen LogP contribution < -0.4 is 9.47 Å². The quantitative estimate of drug-likeness (QED) is 0.631. The Bertz CT molecular complexity index is 1140. The molecule has 0 aliphatic carbocycles. The van der Waals surface area contributed by atoms with E-state index in [-0.39, 0.29) is 30.0 Å². The standard InChI is InChI=1S/C24H21FN2O5/c25-17-7-5-16(6-8-17)18-9-10-21(31-18)23(28)26-11-13-27(14-12-26)24(29)22-15-30-19-3-1-2-4-20(19)32-22/h1-10,22H,11-15H2/t22-/m0/s1. The minimum absolute atomic E-state index is 0.150. The molecule has 5 rings (SSSR count). The van der Waals surface area contributed by atoms with E-state index in [1.807, 2.05) is 12.1 Å². The number of carbonyl (C=O) groups is 2. The summed E-state index contributed by atoms with van der Waals surface area (Å²) in [5.74, 6) is 1.17. The number of nitrogens with zero attached hydrogens (tertiary/aromatic N) is 2. The molecule has 7 nitrogen and oxygen atoms in total. The number of halogens is 1. The third-order valence-corrected chi connectivity index (χ3v) is 5.61. The van der Waals surface area contributed by atoms with Crippen LogP contribution in [0.5, 0.6) is 11.5 Å². The molecule has 32 heavy (non-hydrogen) atoms. The zero-order chi connectivity index (χ0) is 22.1. The van der Waals surface area contributed by atoms with Gasteiger partial charge >= 0.3 is 0 Å². The fourth-order valence-electron chi connectivity index (χ4n) is 3.85. The number of amides is 2. The molecule has 2 aliphatic heterocycles. The van der Waals surface area contributed by atoms with Crippen molar-refractivity contribution in [1.29, 1.82) is 0 Å². The molecule has 3 heterocycles. The van der Waals surface area contributed by atoms with E-state index in [2.05, 4.69) is 0 Å². The zero-order valence-electron chi connectivity index (χ0n) is 17.2. The van der Waals surface area contributed by atoms with Gasteiger partial charge in [-0.1, -0.05) is 12.1 Å². The van der Waals surface area contributed by atoms with E-state index in [1.54, 1.807) is 46.2 Å². The zero-order valence-corrected chi connectivity index (χ0v) is 17.2. The third-order valence-electron chi connectivity index (χ3n) is 5.61. The molecule has 1 aromatic heterocycles. The molecule has 0 N–H and O–H groups in total. The second-order valence-electron chi connectivity index (χ2n) is 7.65. The average molecular weight is 436 g/mol. The fraction of sp³-hybridized carbons (Fsp3) is 0.250. The van der Waals surface area contributed by atoms with Crippen molar-refractivity contribution in [3.8, 4) is 22.8 Å². The molecule has 0 saturated carbocycles. The van der Waals surface area contributed by atoms with Crippen molar-refractivity contribution in [2.24, 2.45) is 0 Å². The van der Waals surface area contributed by atoms with Crippen molar-refractivity contribution >= 4 is 11.8 Å². The smallest absolute Gasteiger partial charge is 0.289 e. The SMILES string of the molecule is O=C(c1ccc(-c2ccc(F)cc2)o1)N1CCN(C(=O)[C@@H]2COc3ccccc3O2)CC1. The number of hydrogen-bond acceptors (Lipinski definition) is 5. The number of ether oxygens (including phenoxy) is 2. The molecule has 2 amide bonds. The van der Waals surface area contributed by atoms with Crippen LogP contribution in [0.1, 0.15) is 10.6 Å². The molecule has 3 aromatic rings. The highest BCUT2D eigenvalue weighted by atomic mass is 19.1. The number of hydrogen-bond donors (Lipinski definition) is 0. The van der Waals surface area contributed by atoms with E-state index in [9.17, 15) is 14.0 Å². The first-order valence-corrected chi connectivity index (χ1v) is 10.4. The van der Waals surface area contributed by atoms with Gasteiger partial charge in [-0.05, 0) is 48.5 Å². The lowest BCUT2D eigenvalue weighted by molar-refractivity contribution is -0.142. The molecule has 0 unspecified atom stereocenters. The summed E-state index contributed by atoms with van der Waals surface area (Å²) < 4.78 is 30.3. The second-order valence-corrected chi connectivity index (χ2v) is 7.65. The molecule has 1 atom stereocenters. The minimum atomic E-state index is -0.699. The number of fused-ring (bicyclic) bond motifs is 1. The van der Waals surface area contributed by atoms with Gasteiger partial charge in [0.1, 0.15) is 18.2 Å². The fourth-order valence-corrected chi connectivity index (χ4v) is 3.85. The van der Waals surface area contributed by atoms with Crippen molar-refractivity contribution in [3.05, 3.63) is 72.2 Å². The van der Waals surface area contributed by atoms with Crippen molar-refractivity contribution < 1.29 is 27.9 Å². The lowest BCUT2D eigenvalue weighted by atomic mass is 10.2. The Morgan fingerprint density at radius 2 is 1.53 bits per heavy atom. The molecular weight excluding hydrogens is 415 g/mol. The molecule has 0 radical (unpaired) electrons. The summed E-state index contributed by atoms with van der Waals surface area (Å²) in [6.07, 6.45) is -0.699. The number of carbonyl (C=O) groups excluding carboxylic acids is 2. The highest BCUT2D eigenvalue weighted by Gasteiger charge is 2.34. The first kappa shape index (κ1) is 20.1. The van der Waals surface area contributed by atoms with Crippen LogP contribution in [0.3, 0.4) is 0 Å². The molecule has 1 saturated heterocycles. The lowest BCUT2D eigenvalue weighted by Crippen LogP contribution is -2.55. The Morgan fingerprint density at radius 1 is 0.844 bits per heavy atom. The summed E-state index contributed by atoms with van der Waals surface area (Å²) in [6.45, 7) is 1.74. The van der Waals surface area contributed by atoms with Crippen molar-refractivity contribution in [2.45, 2.75) is 6.10 Å². The van der Waals surface area contributed by atoms with E-state index in [4.69, 9.17) is 13.9 Å². The van der Waals surface area contributed by atoms with Crippen LogP contribution in [-0.4, -0.2) is 60.5 Å². The van der Waals surface area contributed by atoms with Gasteiger partial charge in [0, 0.05) is 31.7 Å². The normalized spacial score (nSPS) is 17.8. The third kappa shape index (κ3) is 3.91. The van der Waals surface area contributed by atoms with Gasteiger partial charge in [0.15, 0.2) is 17.3 Å². The number of piperazine rings is 1. The van der Waals surface area contributed by atoms with Gasteiger partial charge in [-0.3, -0.25) is 9.59 Å². The number of rotatable bonds is 3. The van der Waals surface area contributed by atoms with Crippen LogP contribution in [0.15, 0.2) is 65.1 Å². The first-order valence-electron chi connectivity index (χ1n) is 10.4. The lowest BCUT2D eigenvalue weighted by Gasteiger charge is -2.36. The molecule has 2 aromatic carbocycles. The average Bonchev–Trinajstić information content (AvgIpc) is 3.34. The highest BCUT2D eigenvalue weighted by Crippen LogP contribution is 2.31. The monoisotopic (exact) mass is 436 g/mol. The Labute approximate surface area is 183 Å². The van der Waals surface area contributed by atoms with Gasteiger partial charge in [-0.2, -0.15) is 0 Å². The first-order chi connectivity index (χ1) is 15.6. The maximum atomic E-state index is 13.1. The van der Waals surface area contributed by atoms with Crippen LogP contribution in [0.2, 0.25) is 0 Å². The van der Waals surface area contributed by atoms with Crippen LogP contribution in [0.4, 0.5) is 4.39 Å². The van der Waals surface area contributed by atoms with Crippen molar-refractivity contribution in [3.63, 3.8) is 0 Å². The molecule has 1 fully saturated rings. The van der Waals surface area contributed by atoms with Crippen molar-refractivity contribution in [1.82, 2.24) is 9.80 Å². The van der Waals surface area contributed by atoms with Gasteiger partial charge in [-0.15, -0.1) is 0 Å². The number of para-hydroxylation sites is 2.